The summed E-state index contributed by atoms with van der Waals surface area (Å²) in [5, 5.41) is 0. The smallest absolute Gasteiger partial charge is 0.118 e. The van der Waals surface area contributed by atoms with Crippen molar-refractivity contribution >= 4 is 12.2 Å². The second-order valence-electron chi connectivity index (χ2n) is 4.54. The average molecular weight is 220 g/mol. The van der Waals surface area contributed by atoms with Gasteiger partial charge in [-0.05, 0) is 27.2 Å². The second-order valence-corrected chi connectivity index (χ2v) is 5.08. The molecule has 1 fully saturated rings. The van der Waals surface area contributed by atoms with Gasteiger partial charge in [0, 0.05) is 24.7 Å². The summed E-state index contributed by atoms with van der Waals surface area (Å²) in [5.74, 6) is 0. The molecule has 0 aliphatic carbocycles. The zero-order valence-electron chi connectivity index (χ0n) is 9.37. The van der Waals surface area contributed by atoms with Crippen LogP contribution in [0, 0.1) is 0 Å². The van der Waals surface area contributed by atoms with Crippen molar-refractivity contribution in [1.29, 1.82) is 0 Å². The summed E-state index contributed by atoms with van der Waals surface area (Å²) < 4.78 is 7.92. The highest BCUT2D eigenvalue weighted by Crippen LogP contribution is 2.21. The van der Waals surface area contributed by atoms with E-state index in [1.54, 1.807) is 0 Å². The molecule has 1 N–H and O–H groups in total. The molecule has 14 heavy (non-hydrogen) atoms. The molecule has 0 bridgehead atoms. The Morgan fingerprint density at radius 2 is 2.14 bits per heavy atom. The SMILES string of the molecule is COOSNC1CCN(C(C)(C)C)C1. The van der Waals surface area contributed by atoms with Crippen molar-refractivity contribution in [3.8, 4) is 0 Å². The van der Waals surface area contributed by atoms with Crippen molar-refractivity contribution in [2.75, 3.05) is 20.2 Å². The van der Waals surface area contributed by atoms with Crippen LogP contribution in [0.1, 0.15) is 27.2 Å². The third-order valence-corrected chi connectivity index (χ3v) is 3.09. The van der Waals surface area contributed by atoms with Gasteiger partial charge in [-0.2, -0.15) is 0 Å². The molecule has 1 saturated heterocycles. The van der Waals surface area contributed by atoms with Crippen LogP contribution < -0.4 is 4.72 Å². The van der Waals surface area contributed by atoms with Crippen molar-refractivity contribution in [1.82, 2.24) is 9.62 Å². The van der Waals surface area contributed by atoms with Gasteiger partial charge in [-0.3, -0.25) is 4.90 Å². The molecule has 0 saturated carbocycles. The quantitative estimate of drug-likeness (QED) is 0.256. The molecule has 0 spiro atoms. The van der Waals surface area contributed by atoms with Crippen LogP contribution in [0.3, 0.4) is 0 Å². The molecule has 84 valence electrons. The Labute approximate surface area is 90.6 Å². The van der Waals surface area contributed by atoms with E-state index in [2.05, 4.69) is 35.3 Å². The number of hydrogen-bond acceptors (Lipinski definition) is 5. The fourth-order valence-corrected chi connectivity index (χ4v) is 2.02. The first-order valence-corrected chi connectivity index (χ1v) is 5.65. The van der Waals surface area contributed by atoms with Gasteiger partial charge in [0.1, 0.15) is 12.2 Å². The molecule has 0 aromatic carbocycles. The number of nitrogens with zero attached hydrogens (tertiary/aromatic N) is 1. The lowest BCUT2D eigenvalue weighted by Gasteiger charge is -2.31. The zero-order chi connectivity index (χ0) is 10.6. The van der Waals surface area contributed by atoms with Gasteiger partial charge in [-0.25, -0.2) is 9.61 Å². The fraction of sp³-hybridized carbons (Fsp3) is 1.00. The van der Waals surface area contributed by atoms with E-state index in [1.165, 1.54) is 7.11 Å². The van der Waals surface area contributed by atoms with E-state index >= 15 is 0 Å². The zero-order valence-corrected chi connectivity index (χ0v) is 10.2. The minimum atomic E-state index is 0.267. The van der Waals surface area contributed by atoms with Crippen molar-refractivity contribution in [3.63, 3.8) is 0 Å². The first kappa shape index (κ1) is 12.3. The second kappa shape index (κ2) is 5.32. The Kier molecular flexibility index (Phi) is 4.66. The number of nitrogens with one attached hydrogen (secondary N) is 1. The summed E-state index contributed by atoms with van der Waals surface area (Å²) in [6.07, 6.45) is 1.16. The maximum atomic E-state index is 4.70. The molecular weight excluding hydrogens is 200 g/mol. The van der Waals surface area contributed by atoms with Crippen LogP contribution in [-0.2, 0) is 9.22 Å². The van der Waals surface area contributed by atoms with E-state index in [0.29, 0.717) is 6.04 Å². The predicted molar refractivity (Wildman–Crippen MR) is 58.6 cm³/mol. The van der Waals surface area contributed by atoms with Gasteiger partial charge in [-0.15, -0.1) is 4.33 Å². The molecule has 1 rings (SSSR count). The lowest BCUT2D eigenvalue weighted by Crippen LogP contribution is -2.41. The summed E-state index contributed by atoms with van der Waals surface area (Å²) in [6, 6.07) is 0.495. The molecule has 0 aromatic rings. The Morgan fingerprint density at radius 3 is 2.64 bits per heavy atom. The van der Waals surface area contributed by atoms with Crippen molar-refractivity contribution in [3.05, 3.63) is 0 Å². The first-order chi connectivity index (χ1) is 6.54. The third kappa shape index (κ3) is 3.74. The molecule has 1 atom stereocenters. The van der Waals surface area contributed by atoms with Crippen LogP contribution in [0.25, 0.3) is 0 Å². The Bertz CT molecular complexity index is 173. The predicted octanol–water partition coefficient (Wildman–Crippen LogP) is 1.59. The first-order valence-electron chi connectivity index (χ1n) is 4.91. The van der Waals surface area contributed by atoms with Crippen molar-refractivity contribution in [2.24, 2.45) is 0 Å². The van der Waals surface area contributed by atoms with E-state index in [9.17, 15) is 0 Å². The molecule has 1 heterocycles. The minimum Gasteiger partial charge on any atom is -0.297 e. The van der Waals surface area contributed by atoms with Crippen LogP contribution in [0.2, 0.25) is 0 Å². The van der Waals surface area contributed by atoms with Gasteiger partial charge in [0.15, 0.2) is 0 Å². The Hall–Kier alpha value is 0.190. The van der Waals surface area contributed by atoms with E-state index in [-0.39, 0.29) is 5.54 Å². The number of rotatable bonds is 4. The van der Waals surface area contributed by atoms with Gasteiger partial charge < -0.3 is 0 Å². The third-order valence-electron chi connectivity index (χ3n) is 2.45. The van der Waals surface area contributed by atoms with E-state index in [1.807, 2.05) is 0 Å². The monoisotopic (exact) mass is 220 g/mol. The van der Waals surface area contributed by atoms with Gasteiger partial charge >= 0.3 is 0 Å². The lowest BCUT2D eigenvalue weighted by atomic mass is 10.1. The molecule has 0 radical (unpaired) electrons. The topological polar surface area (TPSA) is 33.7 Å². The van der Waals surface area contributed by atoms with Gasteiger partial charge in [0.05, 0.1) is 7.11 Å². The summed E-state index contributed by atoms with van der Waals surface area (Å²) >= 11 is 1.16. The van der Waals surface area contributed by atoms with Crippen molar-refractivity contribution < 1.29 is 9.22 Å². The van der Waals surface area contributed by atoms with Crippen LogP contribution in [-0.4, -0.2) is 36.7 Å². The van der Waals surface area contributed by atoms with E-state index < -0.39 is 0 Å². The normalized spacial score (nSPS) is 24.4. The van der Waals surface area contributed by atoms with Gasteiger partial charge in [0.2, 0.25) is 0 Å². The standard InChI is InChI=1S/C9H20N2O2S/c1-9(2,3)11-6-5-8(7-11)10-14-13-12-4/h8,10H,5-7H2,1-4H3. The molecule has 5 heteroatoms. The number of hydrogen-bond donors (Lipinski definition) is 1. The van der Waals surface area contributed by atoms with Crippen LogP contribution in [0.5, 0.6) is 0 Å². The Balaban J connectivity index is 2.21. The molecule has 4 nitrogen and oxygen atoms in total. The van der Waals surface area contributed by atoms with Gasteiger partial charge in [0.25, 0.3) is 0 Å². The van der Waals surface area contributed by atoms with Gasteiger partial charge in [-0.1, -0.05) is 0 Å². The molecule has 1 aliphatic heterocycles. The van der Waals surface area contributed by atoms with Crippen LogP contribution in [0.15, 0.2) is 0 Å². The molecule has 1 unspecified atom stereocenters. The van der Waals surface area contributed by atoms with E-state index in [4.69, 9.17) is 4.33 Å². The largest absolute Gasteiger partial charge is 0.297 e. The molecular formula is C9H20N2O2S. The minimum absolute atomic E-state index is 0.267. The highest BCUT2D eigenvalue weighted by atomic mass is 32.2. The fourth-order valence-electron chi connectivity index (χ4n) is 1.59. The van der Waals surface area contributed by atoms with E-state index in [0.717, 1.165) is 31.7 Å². The summed E-state index contributed by atoms with van der Waals surface area (Å²) in [7, 11) is 1.50. The summed E-state index contributed by atoms with van der Waals surface area (Å²) in [5.41, 5.74) is 0.267. The highest BCUT2D eigenvalue weighted by Gasteiger charge is 2.30. The molecule has 0 aromatic heterocycles. The average Bonchev–Trinajstić information content (AvgIpc) is 2.52. The summed E-state index contributed by atoms with van der Waals surface area (Å²) in [4.78, 5) is 6.95. The molecule has 1 aliphatic rings. The number of likely N-dealkylation sites (tertiary alicyclic amines) is 1. The van der Waals surface area contributed by atoms with Crippen LogP contribution >= 0.6 is 12.2 Å². The maximum Gasteiger partial charge on any atom is 0.118 e. The molecule has 0 amide bonds. The highest BCUT2D eigenvalue weighted by molar-refractivity contribution is 7.92. The Morgan fingerprint density at radius 1 is 1.43 bits per heavy atom. The summed E-state index contributed by atoms with van der Waals surface area (Å²) in [6.45, 7) is 8.95. The lowest BCUT2D eigenvalue weighted by molar-refractivity contribution is -0.161. The maximum absolute atomic E-state index is 4.70. The van der Waals surface area contributed by atoms with Crippen molar-refractivity contribution in [2.45, 2.75) is 38.8 Å². The van der Waals surface area contributed by atoms with Crippen LogP contribution in [0.4, 0.5) is 0 Å².